The number of benzene rings is 3. The molecule has 0 aliphatic heterocycles. The molecule has 1 aliphatic rings. The molecular formula is C19H14FN. The Morgan fingerprint density at radius 3 is 2.29 bits per heavy atom. The van der Waals surface area contributed by atoms with Gasteiger partial charge in [0.2, 0.25) is 0 Å². The molecule has 2 N–H and O–H groups in total. The normalized spacial score (nSPS) is 12.0. The average Bonchev–Trinajstić information content (AvgIpc) is 2.86. The van der Waals surface area contributed by atoms with E-state index < -0.39 is 0 Å². The number of anilines is 1. The molecule has 102 valence electrons. The molecule has 0 heterocycles. The van der Waals surface area contributed by atoms with Gasteiger partial charge in [-0.1, -0.05) is 42.5 Å². The van der Waals surface area contributed by atoms with Gasteiger partial charge in [-0.25, -0.2) is 4.39 Å². The zero-order valence-electron chi connectivity index (χ0n) is 11.4. The first-order valence-electron chi connectivity index (χ1n) is 6.99. The molecular weight excluding hydrogens is 261 g/mol. The van der Waals surface area contributed by atoms with E-state index >= 15 is 0 Å². The van der Waals surface area contributed by atoms with Gasteiger partial charge in [0.25, 0.3) is 0 Å². The minimum atomic E-state index is -0.264. The molecule has 0 bridgehead atoms. The third-order valence-electron chi connectivity index (χ3n) is 4.13. The molecule has 0 unspecified atom stereocenters. The standard InChI is InChI=1S/C19H14FN/c20-19-11-13(21)8-9-17(19)16-7-3-6-15-14-5-2-1-4-12(14)10-18(15)16/h1-9,11H,10,21H2. The second-order valence-electron chi connectivity index (χ2n) is 5.40. The van der Waals surface area contributed by atoms with Crippen molar-refractivity contribution in [3.8, 4) is 22.3 Å². The minimum absolute atomic E-state index is 0.264. The lowest BCUT2D eigenvalue weighted by Gasteiger charge is -2.10. The van der Waals surface area contributed by atoms with Crippen molar-refractivity contribution in [2.24, 2.45) is 0 Å². The van der Waals surface area contributed by atoms with Gasteiger partial charge in [-0.15, -0.1) is 0 Å². The van der Waals surface area contributed by atoms with Crippen molar-refractivity contribution in [1.82, 2.24) is 0 Å². The molecule has 21 heavy (non-hydrogen) atoms. The first kappa shape index (κ1) is 12.2. The molecule has 0 aromatic heterocycles. The Kier molecular flexibility index (Phi) is 2.58. The van der Waals surface area contributed by atoms with E-state index in [0.717, 1.165) is 12.0 Å². The quantitative estimate of drug-likeness (QED) is 0.503. The minimum Gasteiger partial charge on any atom is -0.399 e. The summed E-state index contributed by atoms with van der Waals surface area (Å²) in [5.41, 5.74) is 12.6. The number of nitrogen functional groups attached to an aromatic ring is 1. The summed E-state index contributed by atoms with van der Waals surface area (Å²) in [4.78, 5) is 0. The molecule has 0 spiro atoms. The van der Waals surface area contributed by atoms with Gasteiger partial charge in [0.1, 0.15) is 5.82 Å². The van der Waals surface area contributed by atoms with Crippen LogP contribution < -0.4 is 5.73 Å². The summed E-state index contributed by atoms with van der Waals surface area (Å²) in [6.45, 7) is 0. The fraction of sp³-hybridized carbons (Fsp3) is 0.0526. The van der Waals surface area contributed by atoms with E-state index in [0.29, 0.717) is 11.3 Å². The number of nitrogens with two attached hydrogens (primary N) is 1. The molecule has 0 amide bonds. The van der Waals surface area contributed by atoms with Gasteiger partial charge in [0.15, 0.2) is 0 Å². The van der Waals surface area contributed by atoms with Crippen molar-refractivity contribution in [3.63, 3.8) is 0 Å². The SMILES string of the molecule is Nc1ccc(-c2cccc3c2Cc2ccccc2-3)c(F)c1. The van der Waals surface area contributed by atoms with Gasteiger partial charge in [-0.2, -0.15) is 0 Å². The molecule has 1 aliphatic carbocycles. The van der Waals surface area contributed by atoms with Crippen molar-refractivity contribution in [2.75, 3.05) is 5.73 Å². The molecule has 2 heteroatoms. The summed E-state index contributed by atoms with van der Waals surface area (Å²) >= 11 is 0. The van der Waals surface area contributed by atoms with E-state index in [4.69, 9.17) is 5.73 Å². The maximum absolute atomic E-state index is 14.3. The Labute approximate surface area is 122 Å². The topological polar surface area (TPSA) is 26.0 Å². The predicted octanol–water partition coefficient (Wildman–Crippen LogP) is 4.65. The van der Waals surface area contributed by atoms with Crippen molar-refractivity contribution < 1.29 is 4.39 Å². The number of halogens is 1. The molecule has 0 radical (unpaired) electrons. The summed E-state index contributed by atoms with van der Waals surface area (Å²) in [6.07, 6.45) is 0.853. The van der Waals surface area contributed by atoms with Gasteiger partial charge in [-0.3, -0.25) is 0 Å². The van der Waals surface area contributed by atoms with Crippen LogP contribution in [0.25, 0.3) is 22.3 Å². The van der Waals surface area contributed by atoms with Crippen molar-refractivity contribution in [3.05, 3.63) is 77.6 Å². The first-order valence-corrected chi connectivity index (χ1v) is 6.99. The van der Waals surface area contributed by atoms with Crippen LogP contribution in [0.4, 0.5) is 10.1 Å². The van der Waals surface area contributed by atoms with E-state index in [1.54, 1.807) is 12.1 Å². The van der Waals surface area contributed by atoms with Gasteiger partial charge < -0.3 is 5.73 Å². The van der Waals surface area contributed by atoms with Crippen LogP contribution in [0.2, 0.25) is 0 Å². The van der Waals surface area contributed by atoms with Crippen LogP contribution in [-0.2, 0) is 6.42 Å². The summed E-state index contributed by atoms with van der Waals surface area (Å²) in [6, 6.07) is 19.4. The number of fused-ring (bicyclic) bond motifs is 3. The van der Waals surface area contributed by atoms with Crippen LogP contribution in [0.5, 0.6) is 0 Å². The molecule has 3 aromatic rings. The maximum atomic E-state index is 14.3. The second kappa shape index (κ2) is 4.45. The molecule has 0 atom stereocenters. The Hall–Kier alpha value is -2.61. The third-order valence-corrected chi connectivity index (χ3v) is 4.13. The maximum Gasteiger partial charge on any atom is 0.133 e. The molecule has 0 saturated carbocycles. The Bertz CT molecular complexity index is 852. The monoisotopic (exact) mass is 275 g/mol. The Morgan fingerprint density at radius 2 is 1.48 bits per heavy atom. The van der Waals surface area contributed by atoms with Gasteiger partial charge >= 0.3 is 0 Å². The molecule has 0 fully saturated rings. The summed E-state index contributed by atoms with van der Waals surface area (Å²) < 4.78 is 14.3. The number of hydrogen-bond donors (Lipinski definition) is 1. The van der Waals surface area contributed by atoms with E-state index in [1.165, 1.54) is 28.3 Å². The average molecular weight is 275 g/mol. The summed E-state index contributed by atoms with van der Waals surface area (Å²) in [5, 5.41) is 0. The zero-order chi connectivity index (χ0) is 14.4. The lowest BCUT2D eigenvalue weighted by molar-refractivity contribution is 0.632. The zero-order valence-corrected chi connectivity index (χ0v) is 11.4. The largest absolute Gasteiger partial charge is 0.399 e. The van der Waals surface area contributed by atoms with Crippen LogP contribution >= 0.6 is 0 Å². The molecule has 1 nitrogen and oxygen atoms in total. The lowest BCUT2D eigenvalue weighted by Crippen LogP contribution is -1.93. The Morgan fingerprint density at radius 1 is 0.762 bits per heavy atom. The predicted molar refractivity (Wildman–Crippen MR) is 84.5 cm³/mol. The highest BCUT2D eigenvalue weighted by Crippen LogP contribution is 2.41. The second-order valence-corrected chi connectivity index (χ2v) is 5.40. The van der Waals surface area contributed by atoms with E-state index in [1.807, 2.05) is 24.3 Å². The fourth-order valence-corrected chi connectivity index (χ4v) is 3.16. The van der Waals surface area contributed by atoms with Gasteiger partial charge in [-0.05, 0) is 52.4 Å². The highest BCUT2D eigenvalue weighted by Gasteiger charge is 2.21. The first-order chi connectivity index (χ1) is 10.2. The van der Waals surface area contributed by atoms with Crippen molar-refractivity contribution in [2.45, 2.75) is 6.42 Å². The Balaban J connectivity index is 1.94. The van der Waals surface area contributed by atoms with Crippen molar-refractivity contribution in [1.29, 1.82) is 0 Å². The van der Waals surface area contributed by atoms with Crippen LogP contribution in [0, 0.1) is 5.82 Å². The third kappa shape index (κ3) is 1.83. The van der Waals surface area contributed by atoms with E-state index in [9.17, 15) is 4.39 Å². The smallest absolute Gasteiger partial charge is 0.133 e. The van der Waals surface area contributed by atoms with Crippen LogP contribution in [0.3, 0.4) is 0 Å². The highest BCUT2D eigenvalue weighted by atomic mass is 19.1. The lowest BCUT2D eigenvalue weighted by atomic mass is 9.95. The number of hydrogen-bond acceptors (Lipinski definition) is 1. The molecule has 3 aromatic carbocycles. The van der Waals surface area contributed by atoms with Crippen LogP contribution in [-0.4, -0.2) is 0 Å². The van der Waals surface area contributed by atoms with Crippen LogP contribution in [0.1, 0.15) is 11.1 Å². The number of rotatable bonds is 1. The van der Waals surface area contributed by atoms with Gasteiger partial charge in [0.05, 0.1) is 0 Å². The van der Waals surface area contributed by atoms with E-state index in [2.05, 4.69) is 18.2 Å². The van der Waals surface area contributed by atoms with Gasteiger partial charge in [0, 0.05) is 11.3 Å². The fourth-order valence-electron chi connectivity index (χ4n) is 3.16. The summed E-state index contributed by atoms with van der Waals surface area (Å²) in [5.74, 6) is -0.264. The molecule has 0 saturated heterocycles. The highest BCUT2D eigenvalue weighted by molar-refractivity contribution is 5.85. The summed E-state index contributed by atoms with van der Waals surface area (Å²) in [7, 11) is 0. The molecule has 4 rings (SSSR count). The van der Waals surface area contributed by atoms with Crippen molar-refractivity contribution >= 4 is 5.69 Å². The van der Waals surface area contributed by atoms with E-state index in [-0.39, 0.29) is 5.82 Å². The van der Waals surface area contributed by atoms with Crippen LogP contribution in [0.15, 0.2) is 60.7 Å².